The van der Waals surface area contributed by atoms with Crippen LogP contribution in [0.3, 0.4) is 0 Å². The lowest BCUT2D eigenvalue weighted by molar-refractivity contribution is -0.139. The molecule has 2 amide bonds. The van der Waals surface area contributed by atoms with Crippen molar-refractivity contribution < 1.29 is 22.7 Å². The molecule has 3 aromatic rings. The molecule has 3 aromatic carbocycles. The van der Waals surface area contributed by atoms with Crippen molar-refractivity contribution in [2.45, 2.75) is 64.6 Å². The summed E-state index contributed by atoms with van der Waals surface area (Å²) in [7, 11) is -2.73. The first kappa shape index (κ1) is 30.7. The molecule has 1 N–H and O–H groups in total. The first-order valence-electron chi connectivity index (χ1n) is 13.4. The average molecular weight is 566 g/mol. The van der Waals surface area contributed by atoms with Crippen molar-refractivity contribution in [3.8, 4) is 5.75 Å². The van der Waals surface area contributed by atoms with Gasteiger partial charge in [-0.25, -0.2) is 8.42 Å². The number of aryl methyl sites for hydroxylation is 2. The van der Waals surface area contributed by atoms with Crippen LogP contribution in [-0.4, -0.2) is 50.9 Å². The normalized spacial score (nSPS) is 12.8. The summed E-state index contributed by atoms with van der Waals surface area (Å²) >= 11 is 0. The van der Waals surface area contributed by atoms with Gasteiger partial charge in [0.05, 0.1) is 17.7 Å². The van der Waals surface area contributed by atoms with Gasteiger partial charge in [-0.1, -0.05) is 61.0 Å². The molecule has 0 radical (unpaired) electrons. The van der Waals surface area contributed by atoms with Crippen LogP contribution in [0, 0.1) is 13.8 Å². The third-order valence-electron chi connectivity index (χ3n) is 7.01. The quantitative estimate of drug-likeness (QED) is 0.339. The third kappa shape index (κ3) is 7.21. The van der Waals surface area contributed by atoms with Gasteiger partial charge in [-0.2, -0.15) is 0 Å². The Morgan fingerprint density at radius 1 is 0.925 bits per heavy atom. The number of sulfonamides is 1. The van der Waals surface area contributed by atoms with Crippen LogP contribution in [0.25, 0.3) is 0 Å². The van der Waals surface area contributed by atoms with Crippen molar-refractivity contribution in [1.29, 1.82) is 0 Å². The van der Waals surface area contributed by atoms with Gasteiger partial charge in [-0.15, -0.1) is 0 Å². The third-order valence-corrected chi connectivity index (χ3v) is 8.79. The standard InChI is InChI=1S/C31H39N3O5S/c1-7-24(4)32-31(36)25(5)33(20-26-13-9-8-12-23(26)3)30(35)21-34(28-14-10-11-15-29(28)39-6)40(37,38)27-18-16-22(2)17-19-27/h8-19,24-25H,7,20-21H2,1-6H3,(H,32,36)/t24-,25+/m1/s1. The first-order valence-corrected chi connectivity index (χ1v) is 14.8. The molecule has 3 rings (SSSR count). The number of rotatable bonds is 12. The zero-order valence-corrected chi connectivity index (χ0v) is 24.9. The van der Waals surface area contributed by atoms with Crippen molar-refractivity contribution in [2.75, 3.05) is 18.0 Å². The number of ether oxygens (including phenoxy) is 1. The number of benzene rings is 3. The van der Waals surface area contributed by atoms with Crippen molar-refractivity contribution in [1.82, 2.24) is 10.2 Å². The predicted molar refractivity (Wildman–Crippen MR) is 158 cm³/mol. The molecule has 0 aliphatic heterocycles. The maximum atomic E-state index is 14.1. The summed E-state index contributed by atoms with van der Waals surface area (Å²) < 4.78 is 34.5. The topological polar surface area (TPSA) is 96.0 Å². The number of carbonyl (C=O) groups is 2. The van der Waals surface area contributed by atoms with Crippen LogP contribution in [0.2, 0.25) is 0 Å². The van der Waals surface area contributed by atoms with Gasteiger partial charge in [0, 0.05) is 12.6 Å². The maximum absolute atomic E-state index is 14.1. The van der Waals surface area contributed by atoms with Crippen molar-refractivity contribution in [2.24, 2.45) is 0 Å². The summed E-state index contributed by atoms with van der Waals surface area (Å²) in [5.41, 5.74) is 2.96. The minimum atomic E-state index is -4.18. The van der Waals surface area contributed by atoms with Gasteiger partial charge in [0.15, 0.2) is 0 Å². The van der Waals surface area contributed by atoms with E-state index in [1.807, 2.05) is 52.0 Å². The molecule has 0 aromatic heterocycles. The molecule has 214 valence electrons. The Bertz CT molecular complexity index is 1420. The van der Waals surface area contributed by atoms with E-state index in [1.165, 1.54) is 24.1 Å². The highest BCUT2D eigenvalue weighted by atomic mass is 32.2. The summed E-state index contributed by atoms with van der Waals surface area (Å²) in [5.74, 6) is -0.517. The molecular formula is C31H39N3O5S. The zero-order valence-electron chi connectivity index (χ0n) is 24.0. The Morgan fingerprint density at radius 3 is 2.17 bits per heavy atom. The first-order chi connectivity index (χ1) is 19.0. The van der Waals surface area contributed by atoms with E-state index in [9.17, 15) is 18.0 Å². The van der Waals surface area contributed by atoms with Crippen LogP contribution in [0.15, 0.2) is 77.7 Å². The van der Waals surface area contributed by atoms with Gasteiger partial charge in [-0.05, 0) is 69.5 Å². The molecule has 2 atom stereocenters. The lowest BCUT2D eigenvalue weighted by Gasteiger charge is -2.33. The lowest BCUT2D eigenvalue weighted by Crippen LogP contribution is -2.52. The summed E-state index contributed by atoms with van der Waals surface area (Å²) in [4.78, 5) is 28.7. The van der Waals surface area contributed by atoms with Crippen molar-refractivity contribution in [3.05, 3.63) is 89.5 Å². The zero-order chi connectivity index (χ0) is 29.4. The molecule has 0 aliphatic rings. The van der Waals surface area contributed by atoms with Crippen LogP contribution in [0.4, 0.5) is 5.69 Å². The molecule has 9 heteroatoms. The molecule has 0 heterocycles. The molecule has 40 heavy (non-hydrogen) atoms. The Kier molecular flexibility index (Phi) is 10.3. The number of para-hydroxylation sites is 2. The Hall–Kier alpha value is -3.85. The molecule has 0 spiro atoms. The molecule has 8 nitrogen and oxygen atoms in total. The minimum absolute atomic E-state index is 0.0461. The molecule has 0 saturated carbocycles. The SMILES string of the molecule is CC[C@@H](C)NC(=O)[C@H](C)N(Cc1ccccc1C)C(=O)CN(c1ccccc1OC)S(=O)(=O)c1ccc(C)cc1. The van der Waals surface area contributed by atoms with Gasteiger partial charge in [0.2, 0.25) is 11.8 Å². The van der Waals surface area contributed by atoms with Crippen LogP contribution >= 0.6 is 0 Å². The smallest absolute Gasteiger partial charge is 0.264 e. The van der Waals surface area contributed by atoms with Crippen molar-refractivity contribution >= 4 is 27.5 Å². The lowest BCUT2D eigenvalue weighted by atomic mass is 10.1. The average Bonchev–Trinajstić information content (AvgIpc) is 2.95. The van der Waals surface area contributed by atoms with E-state index in [2.05, 4.69) is 5.32 Å². The second-order valence-corrected chi connectivity index (χ2v) is 11.8. The van der Waals surface area contributed by atoms with Gasteiger partial charge in [0.25, 0.3) is 10.0 Å². The monoisotopic (exact) mass is 565 g/mol. The van der Waals surface area contributed by atoms with Gasteiger partial charge in [-0.3, -0.25) is 13.9 Å². The van der Waals surface area contributed by atoms with E-state index in [1.54, 1.807) is 43.3 Å². The van der Waals surface area contributed by atoms with Crippen LogP contribution in [0.5, 0.6) is 5.75 Å². The van der Waals surface area contributed by atoms with E-state index in [-0.39, 0.29) is 29.1 Å². The van der Waals surface area contributed by atoms with Crippen LogP contribution < -0.4 is 14.4 Å². The molecule has 0 aliphatic carbocycles. The van der Waals surface area contributed by atoms with E-state index < -0.39 is 28.5 Å². The van der Waals surface area contributed by atoms with E-state index in [4.69, 9.17) is 4.74 Å². The number of nitrogens with one attached hydrogen (secondary N) is 1. The predicted octanol–water partition coefficient (Wildman–Crippen LogP) is 4.84. The summed E-state index contributed by atoms with van der Waals surface area (Å²) in [6, 6.07) is 19.8. The number of hydrogen-bond acceptors (Lipinski definition) is 5. The molecular weight excluding hydrogens is 526 g/mol. The number of nitrogens with zero attached hydrogens (tertiary/aromatic N) is 2. The van der Waals surface area contributed by atoms with Crippen LogP contribution in [-0.2, 0) is 26.2 Å². The van der Waals surface area contributed by atoms with E-state index in [0.29, 0.717) is 5.75 Å². The summed E-state index contributed by atoms with van der Waals surface area (Å²) in [6.45, 7) is 8.95. The highest BCUT2D eigenvalue weighted by Gasteiger charge is 2.34. The van der Waals surface area contributed by atoms with Gasteiger partial charge < -0.3 is 15.0 Å². The summed E-state index contributed by atoms with van der Waals surface area (Å²) in [6.07, 6.45) is 0.737. The largest absolute Gasteiger partial charge is 0.495 e. The number of hydrogen-bond donors (Lipinski definition) is 1. The fourth-order valence-corrected chi connectivity index (χ4v) is 5.63. The molecule has 0 fully saturated rings. The van der Waals surface area contributed by atoms with Crippen LogP contribution in [0.1, 0.15) is 43.9 Å². The Labute approximate surface area is 238 Å². The van der Waals surface area contributed by atoms with Crippen molar-refractivity contribution in [3.63, 3.8) is 0 Å². The number of carbonyl (C=O) groups excluding carboxylic acids is 2. The molecule has 0 unspecified atom stereocenters. The van der Waals surface area contributed by atoms with Gasteiger partial charge >= 0.3 is 0 Å². The number of amides is 2. The molecule has 0 saturated heterocycles. The summed E-state index contributed by atoms with van der Waals surface area (Å²) in [5, 5.41) is 2.95. The highest BCUT2D eigenvalue weighted by molar-refractivity contribution is 7.92. The maximum Gasteiger partial charge on any atom is 0.264 e. The second kappa shape index (κ2) is 13.5. The van der Waals surface area contributed by atoms with E-state index >= 15 is 0 Å². The highest BCUT2D eigenvalue weighted by Crippen LogP contribution is 2.32. The number of anilines is 1. The molecule has 0 bridgehead atoms. The Balaban J connectivity index is 2.07. The van der Waals surface area contributed by atoms with Gasteiger partial charge in [0.1, 0.15) is 18.3 Å². The fourth-order valence-electron chi connectivity index (χ4n) is 4.21. The second-order valence-electron chi connectivity index (χ2n) is 9.94. The fraction of sp³-hybridized carbons (Fsp3) is 0.355. The Morgan fingerprint density at radius 2 is 1.55 bits per heavy atom. The number of methoxy groups -OCH3 is 1. The minimum Gasteiger partial charge on any atom is -0.495 e. The van der Waals surface area contributed by atoms with E-state index in [0.717, 1.165) is 27.4 Å².